The van der Waals surface area contributed by atoms with Crippen LogP contribution in [0.15, 0.2) is 0 Å². The van der Waals surface area contributed by atoms with Crippen molar-refractivity contribution in [2.45, 2.75) is 46.1 Å². The summed E-state index contributed by atoms with van der Waals surface area (Å²) < 4.78 is 0. The summed E-state index contributed by atoms with van der Waals surface area (Å²) >= 11 is 0. The molecule has 1 heterocycles. The Bertz CT molecular complexity index is 348. The molecule has 0 bridgehead atoms. The molecule has 1 N–H and O–H groups in total. The minimum Gasteiger partial charge on any atom is -0.336 e. The van der Waals surface area contributed by atoms with E-state index in [1.807, 2.05) is 6.92 Å². The molecule has 0 spiro atoms. The molecule has 0 aliphatic heterocycles. The SMILES string of the molecule is CCCc1nc(C(=O)N(C)C(C)CC)n[nH]1. The number of nitrogens with zero attached hydrogens (tertiary/aromatic N) is 3. The molecule has 5 nitrogen and oxygen atoms in total. The van der Waals surface area contributed by atoms with Crippen molar-refractivity contribution in [2.75, 3.05) is 7.05 Å². The van der Waals surface area contributed by atoms with Gasteiger partial charge in [0.05, 0.1) is 0 Å². The minimum absolute atomic E-state index is 0.118. The van der Waals surface area contributed by atoms with Gasteiger partial charge in [0.2, 0.25) is 5.82 Å². The highest BCUT2D eigenvalue weighted by Gasteiger charge is 2.20. The lowest BCUT2D eigenvalue weighted by Gasteiger charge is -2.22. The van der Waals surface area contributed by atoms with Crippen LogP contribution >= 0.6 is 0 Å². The second-order valence-corrected chi connectivity index (χ2v) is 4.03. The normalized spacial score (nSPS) is 12.5. The van der Waals surface area contributed by atoms with Crippen molar-refractivity contribution in [3.05, 3.63) is 11.6 Å². The Kier molecular flexibility index (Phi) is 4.46. The number of aryl methyl sites for hydroxylation is 1. The number of carbonyl (C=O) groups is 1. The number of aromatic nitrogens is 3. The molecule has 5 heteroatoms. The molecule has 0 saturated carbocycles. The number of H-pyrrole nitrogens is 1. The molecule has 0 aliphatic carbocycles. The molecule has 0 aromatic carbocycles. The van der Waals surface area contributed by atoms with Crippen LogP contribution in [0.5, 0.6) is 0 Å². The molecule has 90 valence electrons. The van der Waals surface area contributed by atoms with Crippen molar-refractivity contribution in [1.29, 1.82) is 0 Å². The molecule has 1 atom stereocenters. The first-order valence-corrected chi connectivity index (χ1v) is 5.78. The lowest BCUT2D eigenvalue weighted by Crippen LogP contribution is -2.35. The summed E-state index contributed by atoms with van der Waals surface area (Å²) in [6.45, 7) is 6.13. The van der Waals surface area contributed by atoms with E-state index < -0.39 is 0 Å². The number of nitrogens with one attached hydrogen (secondary N) is 1. The fourth-order valence-corrected chi connectivity index (χ4v) is 1.37. The standard InChI is InChI=1S/C11H20N4O/c1-5-7-9-12-10(14-13-9)11(16)15(4)8(3)6-2/h8H,5-7H2,1-4H3,(H,12,13,14). The Morgan fingerprint density at radius 3 is 2.75 bits per heavy atom. The van der Waals surface area contributed by atoms with Crippen LogP contribution in [0.25, 0.3) is 0 Å². The number of amides is 1. The summed E-state index contributed by atoms with van der Waals surface area (Å²) in [5, 5.41) is 6.74. The van der Waals surface area contributed by atoms with E-state index >= 15 is 0 Å². The molecule has 16 heavy (non-hydrogen) atoms. The Balaban J connectivity index is 2.72. The van der Waals surface area contributed by atoms with Crippen LogP contribution in [-0.4, -0.2) is 39.1 Å². The van der Waals surface area contributed by atoms with Gasteiger partial charge in [-0.15, -0.1) is 5.10 Å². The fourth-order valence-electron chi connectivity index (χ4n) is 1.37. The molecular formula is C11H20N4O. The van der Waals surface area contributed by atoms with E-state index in [-0.39, 0.29) is 17.8 Å². The number of hydrogen-bond acceptors (Lipinski definition) is 3. The van der Waals surface area contributed by atoms with Crippen LogP contribution in [0.1, 0.15) is 50.1 Å². The van der Waals surface area contributed by atoms with Gasteiger partial charge in [-0.25, -0.2) is 4.98 Å². The molecule has 0 saturated heterocycles. The molecule has 1 amide bonds. The highest BCUT2D eigenvalue weighted by atomic mass is 16.2. The Hall–Kier alpha value is -1.39. The monoisotopic (exact) mass is 224 g/mol. The molecular weight excluding hydrogens is 204 g/mol. The van der Waals surface area contributed by atoms with E-state index in [0.717, 1.165) is 25.1 Å². The van der Waals surface area contributed by atoms with Crippen LogP contribution in [0.3, 0.4) is 0 Å². The Morgan fingerprint density at radius 2 is 2.19 bits per heavy atom. The van der Waals surface area contributed by atoms with Gasteiger partial charge in [0.25, 0.3) is 5.91 Å². The van der Waals surface area contributed by atoms with E-state index in [0.29, 0.717) is 0 Å². The summed E-state index contributed by atoms with van der Waals surface area (Å²) in [5.41, 5.74) is 0. The third kappa shape index (κ3) is 2.81. The molecule has 1 rings (SSSR count). The second-order valence-electron chi connectivity index (χ2n) is 4.03. The van der Waals surface area contributed by atoms with E-state index in [1.165, 1.54) is 0 Å². The highest BCUT2D eigenvalue weighted by Crippen LogP contribution is 2.05. The average Bonchev–Trinajstić information content (AvgIpc) is 2.75. The predicted octanol–water partition coefficient (Wildman–Crippen LogP) is 1.63. The summed E-state index contributed by atoms with van der Waals surface area (Å²) in [6, 6.07) is 0.209. The van der Waals surface area contributed by atoms with Gasteiger partial charge in [-0.1, -0.05) is 13.8 Å². The van der Waals surface area contributed by atoms with Crippen LogP contribution in [0.4, 0.5) is 0 Å². The van der Waals surface area contributed by atoms with Gasteiger partial charge in [-0.3, -0.25) is 9.89 Å². The summed E-state index contributed by atoms with van der Waals surface area (Å²) in [4.78, 5) is 17.8. The predicted molar refractivity (Wildman–Crippen MR) is 62.2 cm³/mol. The Labute approximate surface area is 96.3 Å². The maximum atomic E-state index is 11.9. The van der Waals surface area contributed by atoms with Gasteiger partial charge in [0, 0.05) is 19.5 Å². The maximum absolute atomic E-state index is 11.9. The van der Waals surface area contributed by atoms with E-state index in [9.17, 15) is 4.79 Å². The van der Waals surface area contributed by atoms with Gasteiger partial charge in [0.1, 0.15) is 5.82 Å². The maximum Gasteiger partial charge on any atom is 0.293 e. The lowest BCUT2D eigenvalue weighted by molar-refractivity contribution is 0.0728. The van der Waals surface area contributed by atoms with Crippen molar-refractivity contribution in [2.24, 2.45) is 0 Å². The van der Waals surface area contributed by atoms with E-state index in [2.05, 4.69) is 29.0 Å². The zero-order valence-electron chi connectivity index (χ0n) is 10.4. The summed E-state index contributed by atoms with van der Waals surface area (Å²) in [6.07, 6.45) is 2.74. The van der Waals surface area contributed by atoms with Crippen molar-refractivity contribution in [3.8, 4) is 0 Å². The zero-order valence-corrected chi connectivity index (χ0v) is 10.4. The lowest BCUT2D eigenvalue weighted by atomic mass is 10.2. The van der Waals surface area contributed by atoms with Crippen molar-refractivity contribution >= 4 is 5.91 Å². The smallest absolute Gasteiger partial charge is 0.293 e. The van der Waals surface area contributed by atoms with Gasteiger partial charge < -0.3 is 4.90 Å². The number of aromatic amines is 1. The van der Waals surface area contributed by atoms with Gasteiger partial charge in [-0.2, -0.15) is 0 Å². The number of rotatable bonds is 5. The summed E-state index contributed by atoms with van der Waals surface area (Å²) in [5.74, 6) is 0.933. The topological polar surface area (TPSA) is 61.9 Å². The van der Waals surface area contributed by atoms with Crippen LogP contribution in [-0.2, 0) is 6.42 Å². The van der Waals surface area contributed by atoms with Gasteiger partial charge in [-0.05, 0) is 19.8 Å². The number of hydrogen-bond donors (Lipinski definition) is 1. The molecule has 1 aromatic rings. The zero-order chi connectivity index (χ0) is 12.1. The first kappa shape index (κ1) is 12.7. The quantitative estimate of drug-likeness (QED) is 0.826. The molecule has 0 radical (unpaired) electrons. The first-order chi connectivity index (χ1) is 7.60. The average molecular weight is 224 g/mol. The summed E-state index contributed by atoms with van der Waals surface area (Å²) in [7, 11) is 1.78. The minimum atomic E-state index is -0.118. The highest BCUT2D eigenvalue weighted by molar-refractivity contribution is 5.90. The van der Waals surface area contributed by atoms with Crippen LogP contribution in [0, 0.1) is 0 Å². The molecule has 0 aliphatic rings. The third-order valence-electron chi connectivity index (χ3n) is 2.78. The third-order valence-corrected chi connectivity index (χ3v) is 2.78. The Morgan fingerprint density at radius 1 is 1.50 bits per heavy atom. The van der Waals surface area contributed by atoms with Crippen LogP contribution in [0.2, 0.25) is 0 Å². The van der Waals surface area contributed by atoms with E-state index in [4.69, 9.17) is 0 Å². The van der Waals surface area contributed by atoms with Crippen molar-refractivity contribution in [3.63, 3.8) is 0 Å². The van der Waals surface area contributed by atoms with Crippen LogP contribution < -0.4 is 0 Å². The fraction of sp³-hybridized carbons (Fsp3) is 0.727. The largest absolute Gasteiger partial charge is 0.336 e. The van der Waals surface area contributed by atoms with Gasteiger partial charge >= 0.3 is 0 Å². The second kappa shape index (κ2) is 5.63. The van der Waals surface area contributed by atoms with Crippen molar-refractivity contribution in [1.82, 2.24) is 20.1 Å². The van der Waals surface area contributed by atoms with E-state index in [1.54, 1.807) is 11.9 Å². The molecule has 0 fully saturated rings. The molecule has 1 aromatic heterocycles. The first-order valence-electron chi connectivity index (χ1n) is 5.78. The molecule has 1 unspecified atom stereocenters. The number of carbonyl (C=O) groups excluding carboxylic acids is 1. The van der Waals surface area contributed by atoms with Crippen molar-refractivity contribution < 1.29 is 4.79 Å². The van der Waals surface area contributed by atoms with Gasteiger partial charge in [0.15, 0.2) is 0 Å².